The van der Waals surface area contributed by atoms with Crippen LogP contribution in [0.3, 0.4) is 0 Å². The topological polar surface area (TPSA) is 68.8 Å². The van der Waals surface area contributed by atoms with Crippen LogP contribution in [0.5, 0.6) is 0 Å². The number of imidazole rings is 2. The number of para-hydroxylation sites is 1. The van der Waals surface area contributed by atoms with Gasteiger partial charge in [-0.3, -0.25) is 9.36 Å². The third-order valence-corrected chi connectivity index (χ3v) is 5.15. The summed E-state index contributed by atoms with van der Waals surface area (Å²) in [6.45, 7) is 0.503. The van der Waals surface area contributed by atoms with Crippen molar-refractivity contribution in [1.82, 2.24) is 29.0 Å². The Kier molecular flexibility index (Phi) is 3.93. The molecule has 7 nitrogen and oxygen atoms in total. The predicted octanol–water partition coefficient (Wildman–Crippen LogP) is 2.96. The van der Waals surface area contributed by atoms with E-state index in [4.69, 9.17) is 0 Å². The maximum Gasteiger partial charge on any atom is 0.256 e. The quantitative estimate of drug-likeness (QED) is 0.540. The summed E-state index contributed by atoms with van der Waals surface area (Å²) in [5.74, 6) is 0.858. The van der Waals surface area contributed by atoms with E-state index in [9.17, 15) is 4.79 Å². The third kappa shape index (κ3) is 2.94. The molecular formula is C21H20N6O. The number of nitrogens with zero attached hydrogens (tertiary/aromatic N) is 6. The number of hydrogen-bond donors (Lipinski definition) is 0. The molecule has 1 fully saturated rings. The third-order valence-electron chi connectivity index (χ3n) is 5.15. The van der Waals surface area contributed by atoms with Gasteiger partial charge in [0.05, 0.1) is 12.1 Å². The summed E-state index contributed by atoms with van der Waals surface area (Å²) in [7, 11) is 1.95. The van der Waals surface area contributed by atoms with E-state index in [0.717, 1.165) is 30.0 Å². The molecule has 1 aromatic carbocycles. The van der Waals surface area contributed by atoms with Crippen LogP contribution >= 0.6 is 0 Å². The highest BCUT2D eigenvalue weighted by Crippen LogP contribution is 2.30. The summed E-state index contributed by atoms with van der Waals surface area (Å²) in [5, 5.41) is 0. The Bertz CT molecular complexity index is 1140. The van der Waals surface area contributed by atoms with Gasteiger partial charge in [-0.05, 0) is 31.0 Å². The predicted molar refractivity (Wildman–Crippen MR) is 105 cm³/mol. The number of pyridine rings is 1. The van der Waals surface area contributed by atoms with Crippen molar-refractivity contribution >= 4 is 17.1 Å². The zero-order valence-corrected chi connectivity index (χ0v) is 15.6. The molecule has 0 bridgehead atoms. The second kappa shape index (κ2) is 6.60. The molecule has 1 saturated carbocycles. The Labute approximate surface area is 162 Å². The fraction of sp³-hybridized carbons (Fsp3) is 0.238. The molecule has 3 aromatic heterocycles. The standard InChI is InChI=1S/C21H20N6O/c1-25-10-9-22-19(25)13-26(17-7-8-17)21(28)15-11-18-20(23-12-15)27(14-24-18)16-5-3-2-4-6-16/h2-6,9-12,14,17H,7-8,13H2,1H3. The Hall–Kier alpha value is -3.48. The average Bonchev–Trinajstić information content (AvgIpc) is 3.35. The first-order valence-electron chi connectivity index (χ1n) is 9.36. The lowest BCUT2D eigenvalue weighted by atomic mass is 10.2. The van der Waals surface area contributed by atoms with E-state index in [-0.39, 0.29) is 11.9 Å². The van der Waals surface area contributed by atoms with E-state index in [2.05, 4.69) is 15.0 Å². The number of rotatable bonds is 5. The smallest absolute Gasteiger partial charge is 0.256 e. The van der Waals surface area contributed by atoms with Crippen LogP contribution in [0.15, 0.2) is 61.3 Å². The fourth-order valence-corrected chi connectivity index (χ4v) is 3.42. The maximum atomic E-state index is 13.2. The largest absolute Gasteiger partial charge is 0.337 e. The number of aryl methyl sites for hydroxylation is 1. The molecule has 1 amide bonds. The summed E-state index contributed by atoms with van der Waals surface area (Å²) in [5.41, 5.74) is 3.00. The highest BCUT2D eigenvalue weighted by Gasteiger charge is 2.34. The number of carbonyl (C=O) groups excluding carboxylic acids is 1. The average molecular weight is 372 g/mol. The van der Waals surface area contributed by atoms with Gasteiger partial charge in [-0.2, -0.15) is 0 Å². The molecule has 0 N–H and O–H groups in total. The minimum atomic E-state index is -0.0193. The Morgan fingerprint density at radius 1 is 1.18 bits per heavy atom. The molecule has 1 aliphatic carbocycles. The zero-order valence-electron chi connectivity index (χ0n) is 15.6. The van der Waals surface area contributed by atoms with E-state index >= 15 is 0 Å². The van der Waals surface area contributed by atoms with Gasteiger partial charge in [-0.25, -0.2) is 15.0 Å². The number of carbonyl (C=O) groups is 1. The monoisotopic (exact) mass is 372 g/mol. The zero-order chi connectivity index (χ0) is 19.1. The van der Waals surface area contributed by atoms with Gasteiger partial charge in [0, 0.05) is 37.4 Å². The van der Waals surface area contributed by atoms with E-state index in [1.54, 1.807) is 18.7 Å². The van der Waals surface area contributed by atoms with Crippen LogP contribution in [0.25, 0.3) is 16.9 Å². The van der Waals surface area contributed by atoms with Crippen molar-refractivity contribution in [2.24, 2.45) is 7.05 Å². The molecule has 140 valence electrons. The molecule has 0 atom stereocenters. The van der Waals surface area contributed by atoms with Gasteiger partial charge in [0.15, 0.2) is 5.65 Å². The van der Waals surface area contributed by atoms with Crippen molar-refractivity contribution in [3.63, 3.8) is 0 Å². The summed E-state index contributed by atoms with van der Waals surface area (Å²) in [6.07, 6.45) is 9.12. The lowest BCUT2D eigenvalue weighted by Gasteiger charge is -2.22. The Morgan fingerprint density at radius 3 is 2.71 bits per heavy atom. The van der Waals surface area contributed by atoms with Gasteiger partial charge in [0.2, 0.25) is 0 Å². The first-order valence-corrected chi connectivity index (χ1v) is 9.36. The van der Waals surface area contributed by atoms with E-state index < -0.39 is 0 Å². The summed E-state index contributed by atoms with van der Waals surface area (Å²) < 4.78 is 3.88. The van der Waals surface area contributed by atoms with Crippen LogP contribution < -0.4 is 0 Å². The van der Waals surface area contributed by atoms with Crippen LogP contribution in [0.1, 0.15) is 29.0 Å². The van der Waals surface area contributed by atoms with Crippen LogP contribution in [0, 0.1) is 0 Å². The molecule has 3 heterocycles. The molecule has 0 radical (unpaired) electrons. The first-order chi connectivity index (χ1) is 13.7. The normalized spacial score (nSPS) is 13.8. The van der Waals surface area contributed by atoms with Gasteiger partial charge < -0.3 is 9.47 Å². The molecule has 4 aromatic rings. The van der Waals surface area contributed by atoms with Gasteiger partial charge in [0.25, 0.3) is 5.91 Å². The molecule has 7 heteroatoms. The highest BCUT2D eigenvalue weighted by molar-refractivity contribution is 5.96. The minimum absolute atomic E-state index is 0.0193. The van der Waals surface area contributed by atoms with Crippen molar-refractivity contribution in [3.05, 3.63) is 72.7 Å². The van der Waals surface area contributed by atoms with Crippen molar-refractivity contribution in [2.45, 2.75) is 25.4 Å². The molecule has 28 heavy (non-hydrogen) atoms. The minimum Gasteiger partial charge on any atom is -0.337 e. The number of fused-ring (bicyclic) bond motifs is 1. The molecule has 5 rings (SSSR count). The van der Waals surface area contributed by atoms with Crippen LogP contribution in [0.4, 0.5) is 0 Å². The van der Waals surface area contributed by atoms with Crippen molar-refractivity contribution in [2.75, 3.05) is 0 Å². The second-order valence-electron chi connectivity index (χ2n) is 7.14. The molecule has 0 saturated heterocycles. The maximum absolute atomic E-state index is 13.2. The Balaban J connectivity index is 1.46. The van der Waals surface area contributed by atoms with Crippen molar-refractivity contribution in [3.8, 4) is 5.69 Å². The van der Waals surface area contributed by atoms with Crippen molar-refractivity contribution in [1.29, 1.82) is 0 Å². The lowest BCUT2D eigenvalue weighted by molar-refractivity contribution is 0.0723. The number of hydrogen-bond acceptors (Lipinski definition) is 4. The summed E-state index contributed by atoms with van der Waals surface area (Å²) >= 11 is 0. The van der Waals surface area contributed by atoms with Crippen LogP contribution in [0.2, 0.25) is 0 Å². The first kappa shape index (κ1) is 16.7. The summed E-state index contributed by atoms with van der Waals surface area (Å²) in [4.78, 5) is 28.5. The number of benzene rings is 1. The molecule has 0 unspecified atom stereocenters. The summed E-state index contributed by atoms with van der Waals surface area (Å²) in [6, 6.07) is 12.0. The second-order valence-corrected chi connectivity index (χ2v) is 7.14. The van der Waals surface area contributed by atoms with Crippen LogP contribution in [-0.2, 0) is 13.6 Å². The number of amides is 1. The fourth-order valence-electron chi connectivity index (χ4n) is 3.42. The van der Waals surface area contributed by atoms with Crippen molar-refractivity contribution < 1.29 is 4.79 Å². The highest BCUT2D eigenvalue weighted by atomic mass is 16.2. The van der Waals surface area contributed by atoms with E-state index in [1.807, 2.05) is 63.7 Å². The Morgan fingerprint density at radius 2 is 2.00 bits per heavy atom. The molecular weight excluding hydrogens is 352 g/mol. The van der Waals surface area contributed by atoms with Crippen LogP contribution in [-0.4, -0.2) is 40.9 Å². The van der Waals surface area contributed by atoms with Gasteiger partial charge in [0.1, 0.15) is 17.7 Å². The van der Waals surface area contributed by atoms with E-state index in [1.165, 1.54) is 0 Å². The van der Waals surface area contributed by atoms with E-state index in [0.29, 0.717) is 17.6 Å². The van der Waals surface area contributed by atoms with Gasteiger partial charge >= 0.3 is 0 Å². The molecule has 0 aliphatic heterocycles. The SMILES string of the molecule is Cn1ccnc1CN(C(=O)c1cnc2c(c1)ncn2-c1ccccc1)C1CC1. The molecule has 1 aliphatic rings. The van der Waals surface area contributed by atoms with Gasteiger partial charge in [-0.1, -0.05) is 18.2 Å². The number of aromatic nitrogens is 5. The lowest BCUT2D eigenvalue weighted by Crippen LogP contribution is -2.33. The molecule has 0 spiro atoms. The van der Waals surface area contributed by atoms with Gasteiger partial charge in [-0.15, -0.1) is 0 Å².